The van der Waals surface area contributed by atoms with Crippen molar-refractivity contribution in [1.82, 2.24) is 4.31 Å². The van der Waals surface area contributed by atoms with E-state index in [2.05, 4.69) is 5.32 Å². The summed E-state index contributed by atoms with van der Waals surface area (Å²) in [7, 11) is -3.67. The topological polar surface area (TPSA) is 75.7 Å². The van der Waals surface area contributed by atoms with Crippen molar-refractivity contribution in [1.29, 1.82) is 0 Å². The van der Waals surface area contributed by atoms with Gasteiger partial charge in [0.25, 0.3) is 5.91 Å². The second-order valence-corrected chi connectivity index (χ2v) is 7.86. The summed E-state index contributed by atoms with van der Waals surface area (Å²) in [5, 5.41) is 2.65. The van der Waals surface area contributed by atoms with E-state index in [1.807, 2.05) is 0 Å². The smallest absolute Gasteiger partial charge is 0.255 e. The van der Waals surface area contributed by atoms with Gasteiger partial charge < -0.3 is 10.1 Å². The number of halogens is 1. The zero-order chi connectivity index (χ0) is 18.7. The van der Waals surface area contributed by atoms with E-state index in [1.54, 1.807) is 19.1 Å². The Labute approximate surface area is 151 Å². The van der Waals surface area contributed by atoms with Crippen molar-refractivity contribution in [2.75, 3.05) is 31.6 Å². The molecule has 1 amide bonds. The number of hydrogen-bond donors (Lipinski definition) is 1. The third kappa shape index (κ3) is 3.92. The van der Waals surface area contributed by atoms with Crippen LogP contribution in [0.1, 0.15) is 15.9 Å². The first-order valence-corrected chi connectivity index (χ1v) is 9.57. The third-order valence-electron chi connectivity index (χ3n) is 4.14. The highest BCUT2D eigenvalue weighted by molar-refractivity contribution is 7.89. The van der Waals surface area contributed by atoms with Gasteiger partial charge in [-0.1, -0.05) is 6.07 Å². The minimum Gasteiger partial charge on any atom is -0.379 e. The van der Waals surface area contributed by atoms with E-state index < -0.39 is 21.7 Å². The number of carbonyl (C=O) groups is 1. The normalized spacial score (nSPS) is 15.6. The molecule has 3 rings (SSSR count). The Morgan fingerprint density at radius 1 is 1.12 bits per heavy atom. The molecule has 6 nitrogen and oxygen atoms in total. The van der Waals surface area contributed by atoms with Crippen LogP contribution in [0.5, 0.6) is 0 Å². The summed E-state index contributed by atoms with van der Waals surface area (Å²) in [6.07, 6.45) is 0. The molecule has 0 spiro atoms. The molecule has 2 aromatic carbocycles. The number of nitrogens with one attached hydrogen (secondary N) is 1. The van der Waals surface area contributed by atoms with Crippen LogP contribution in [0, 0.1) is 12.7 Å². The maximum absolute atomic E-state index is 13.0. The monoisotopic (exact) mass is 378 g/mol. The minimum absolute atomic E-state index is 0.149. The summed E-state index contributed by atoms with van der Waals surface area (Å²) < 4.78 is 45.3. The number of anilines is 1. The molecule has 0 saturated carbocycles. The van der Waals surface area contributed by atoms with Gasteiger partial charge in [0.05, 0.1) is 18.1 Å². The summed E-state index contributed by atoms with van der Waals surface area (Å²) in [5.41, 5.74) is 1.23. The van der Waals surface area contributed by atoms with Crippen LogP contribution < -0.4 is 5.32 Å². The molecule has 0 aliphatic carbocycles. The minimum atomic E-state index is -3.67. The van der Waals surface area contributed by atoms with E-state index in [-0.39, 0.29) is 10.5 Å². The molecule has 0 radical (unpaired) electrons. The van der Waals surface area contributed by atoms with Crippen molar-refractivity contribution in [3.63, 3.8) is 0 Å². The molecule has 1 heterocycles. The van der Waals surface area contributed by atoms with Gasteiger partial charge in [0.2, 0.25) is 10.0 Å². The lowest BCUT2D eigenvalue weighted by atomic mass is 10.2. The number of sulfonamides is 1. The predicted molar refractivity (Wildman–Crippen MR) is 95.1 cm³/mol. The Kier molecular flexibility index (Phi) is 5.36. The van der Waals surface area contributed by atoms with Gasteiger partial charge in [-0.25, -0.2) is 12.8 Å². The first kappa shape index (κ1) is 18.5. The second-order valence-electron chi connectivity index (χ2n) is 5.96. The summed E-state index contributed by atoms with van der Waals surface area (Å²) in [4.78, 5) is 12.4. The molecule has 2 aromatic rings. The van der Waals surface area contributed by atoms with E-state index in [0.29, 0.717) is 37.6 Å². The van der Waals surface area contributed by atoms with Crippen molar-refractivity contribution in [3.05, 3.63) is 59.4 Å². The van der Waals surface area contributed by atoms with Crippen LogP contribution in [-0.4, -0.2) is 44.9 Å². The highest BCUT2D eigenvalue weighted by Crippen LogP contribution is 2.24. The highest BCUT2D eigenvalue weighted by Gasteiger charge is 2.28. The summed E-state index contributed by atoms with van der Waals surface area (Å²) in [5.74, 6) is -0.876. The number of hydrogen-bond acceptors (Lipinski definition) is 4. The van der Waals surface area contributed by atoms with E-state index in [4.69, 9.17) is 4.74 Å². The molecule has 1 aliphatic heterocycles. The van der Waals surface area contributed by atoms with Gasteiger partial charge in [-0.2, -0.15) is 4.31 Å². The summed E-state index contributed by atoms with van der Waals surface area (Å²) >= 11 is 0. The second kappa shape index (κ2) is 7.53. The lowest BCUT2D eigenvalue weighted by Gasteiger charge is -2.26. The lowest BCUT2D eigenvalue weighted by Crippen LogP contribution is -2.40. The van der Waals surface area contributed by atoms with Gasteiger partial charge in [-0.05, 0) is 48.9 Å². The van der Waals surface area contributed by atoms with Crippen LogP contribution in [-0.2, 0) is 14.8 Å². The van der Waals surface area contributed by atoms with E-state index >= 15 is 0 Å². The first-order chi connectivity index (χ1) is 12.4. The number of benzene rings is 2. The molecule has 0 bridgehead atoms. The third-order valence-corrected chi connectivity index (χ3v) is 6.18. The van der Waals surface area contributed by atoms with Gasteiger partial charge >= 0.3 is 0 Å². The maximum Gasteiger partial charge on any atom is 0.255 e. The molecule has 1 aliphatic rings. The SMILES string of the molecule is Cc1ccc(NC(=O)c2ccc(F)cc2)cc1S(=O)(=O)N1CCOCC1. The van der Waals surface area contributed by atoms with Crippen molar-refractivity contribution < 1.29 is 22.3 Å². The molecule has 26 heavy (non-hydrogen) atoms. The lowest BCUT2D eigenvalue weighted by molar-refractivity contribution is 0.0730. The predicted octanol–water partition coefficient (Wildman–Crippen LogP) is 2.41. The number of nitrogens with zero attached hydrogens (tertiary/aromatic N) is 1. The number of ether oxygens (including phenoxy) is 1. The van der Waals surface area contributed by atoms with Crippen LogP contribution in [0.15, 0.2) is 47.4 Å². The van der Waals surface area contributed by atoms with Gasteiger partial charge in [-0.15, -0.1) is 0 Å². The van der Waals surface area contributed by atoms with Gasteiger partial charge in [-0.3, -0.25) is 4.79 Å². The Bertz CT molecular complexity index is 907. The maximum atomic E-state index is 13.0. The van der Waals surface area contributed by atoms with Crippen LogP contribution >= 0.6 is 0 Å². The average molecular weight is 378 g/mol. The van der Waals surface area contributed by atoms with Crippen LogP contribution in [0.25, 0.3) is 0 Å². The molecule has 0 unspecified atom stereocenters. The average Bonchev–Trinajstić information content (AvgIpc) is 2.64. The first-order valence-electron chi connectivity index (χ1n) is 8.13. The fraction of sp³-hybridized carbons (Fsp3) is 0.278. The molecule has 1 saturated heterocycles. The summed E-state index contributed by atoms with van der Waals surface area (Å²) in [6, 6.07) is 9.84. The van der Waals surface area contributed by atoms with Crippen LogP contribution in [0.4, 0.5) is 10.1 Å². The van der Waals surface area contributed by atoms with Gasteiger partial charge in [0, 0.05) is 24.3 Å². The van der Waals surface area contributed by atoms with Gasteiger partial charge in [0.15, 0.2) is 0 Å². The largest absolute Gasteiger partial charge is 0.379 e. The van der Waals surface area contributed by atoms with E-state index in [9.17, 15) is 17.6 Å². The zero-order valence-corrected chi connectivity index (χ0v) is 15.1. The summed E-state index contributed by atoms with van der Waals surface area (Å²) in [6.45, 7) is 3.03. The van der Waals surface area contributed by atoms with Crippen molar-refractivity contribution in [2.45, 2.75) is 11.8 Å². The van der Waals surface area contributed by atoms with Crippen LogP contribution in [0.3, 0.4) is 0 Å². The Morgan fingerprint density at radius 3 is 2.42 bits per heavy atom. The molecular weight excluding hydrogens is 359 g/mol. The molecular formula is C18H19FN2O4S. The van der Waals surface area contributed by atoms with Crippen LogP contribution in [0.2, 0.25) is 0 Å². The zero-order valence-electron chi connectivity index (χ0n) is 14.2. The Hall–Kier alpha value is -2.29. The number of rotatable bonds is 4. The molecule has 1 N–H and O–H groups in total. The number of amides is 1. The Morgan fingerprint density at radius 2 is 1.77 bits per heavy atom. The fourth-order valence-corrected chi connectivity index (χ4v) is 4.35. The Balaban J connectivity index is 1.85. The van der Waals surface area contributed by atoms with Gasteiger partial charge in [0.1, 0.15) is 5.82 Å². The van der Waals surface area contributed by atoms with Crippen molar-refractivity contribution in [2.24, 2.45) is 0 Å². The van der Waals surface area contributed by atoms with E-state index in [0.717, 1.165) is 0 Å². The molecule has 0 aromatic heterocycles. The number of aryl methyl sites for hydroxylation is 1. The molecule has 8 heteroatoms. The quantitative estimate of drug-likeness (QED) is 0.887. The molecule has 138 valence electrons. The fourth-order valence-electron chi connectivity index (χ4n) is 2.69. The van der Waals surface area contributed by atoms with Crippen molar-refractivity contribution >= 4 is 21.6 Å². The molecule has 0 atom stereocenters. The molecule has 1 fully saturated rings. The van der Waals surface area contributed by atoms with E-state index in [1.165, 1.54) is 34.6 Å². The van der Waals surface area contributed by atoms with Crippen molar-refractivity contribution in [3.8, 4) is 0 Å². The number of morpholine rings is 1. The standard InChI is InChI=1S/C18H19FN2O4S/c1-13-2-7-16(20-18(22)14-3-5-15(19)6-4-14)12-17(13)26(23,24)21-8-10-25-11-9-21/h2-7,12H,8-11H2,1H3,(H,20,22). The number of carbonyl (C=O) groups excluding carboxylic acids is 1. The highest BCUT2D eigenvalue weighted by atomic mass is 32.2.